The molecule has 0 aromatic heterocycles. The Bertz CT molecular complexity index is 940. The van der Waals surface area contributed by atoms with Crippen LogP contribution in [0.3, 0.4) is 0 Å². The lowest BCUT2D eigenvalue weighted by molar-refractivity contribution is -0.133. The summed E-state index contributed by atoms with van der Waals surface area (Å²) < 4.78 is 6.96. The van der Waals surface area contributed by atoms with Gasteiger partial charge >= 0.3 is 0 Å². The van der Waals surface area contributed by atoms with Gasteiger partial charge in [0, 0.05) is 22.0 Å². The molecule has 2 aromatic carbocycles. The van der Waals surface area contributed by atoms with E-state index < -0.39 is 6.04 Å². The Balaban J connectivity index is 1.54. The molecule has 0 radical (unpaired) electrons. The van der Waals surface area contributed by atoms with E-state index in [2.05, 4.69) is 15.9 Å². The second kappa shape index (κ2) is 7.27. The lowest BCUT2D eigenvalue weighted by Crippen LogP contribution is -2.44. The Morgan fingerprint density at radius 1 is 1.11 bits per heavy atom. The fourth-order valence-corrected chi connectivity index (χ4v) is 4.14. The Labute approximate surface area is 165 Å². The van der Waals surface area contributed by atoms with Gasteiger partial charge in [0.1, 0.15) is 18.1 Å². The van der Waals surface area contributed by atoms with Gasteiger partial charge in [-0.25, -0.2) is 0 Å². The number of nitrogens with zero attached hydrogens (tertiary/aromatic N) is 1. The van der Waals surface area contributed by atoms with Gasteiger partial charge in [-0.2, -0.15) is 0 Å². The van der Waals surface area contributed by atoms with E-state index in [1.54, 1.807) is 17.0 Å². The number of Topliss-reactive ketones (excluding diaryl/α,β-unsaturated/α-hetero) is 2. The molecular formula is C21H18BrNO4. The van der Waals surface area contributed by atoms with E-state index in [0.29, 0.717) is 37.3 Å². The first-order chi connectivity index (χ1) is 13.0. The first-order valence-corrected chi connectivity index (χ1v) is 9.67. The van der Waals surface area contributed by atoms with Crippen LogP contribution in [-0.2, 0) is 22.7 Å². The third kappa shape index (κ3) is 3.54. The minimum absolute atomic E-state index is 0.0431. The van der Waals surface area contributed by atoms with Crippen LogP contribution < -0.4 is 4.74 Å². The molecule has 1 unspecified atom stereocenters. The summed E-state index contributed by atoms with van der Waals surface area (Å²) in [6, 6.07) is 12.7. The molecule has 0 spiro atoms. The van der Waals surface area contributed by atoms with Crippen molar-refractivity contribution in [2.24, 2.45) is 0 Å². The monoisotopic (exact) mass is 427 g/mol. The lowest BCUT2D eigenvalue weighted by Gasteiger charge is -2.29. The number of halogens is 1. The Morgan fingerprint density at radius 2 is 1.93 bits per heavy atom. The molecule has 138 valence electrons. The van der Waals surface area contributed by atoms with E-state index in [-0.39, 0.29) is 23.9 Å². The molecule has 27 heavy (non-hydrogen) atoms. The van der Waals surface area contributed by atoms with Gasteiger partial charge < -0.3 is 9.64 Å². The van der Waals surface area contributed by atoms with Gasteiger partial charge in [-0.3, -0.25) is 14.4 Å². The molecule has 1 saturated carbocycles. The number of hydrogen-bond donors (Lipinski definition) is 0. The average molecular weight is 428 g/mol. The number of fused-ring (bicyclic) bond motifs is 1. The number of benzene rings is 2. The highest BCUT2D eigenvalue weighted by molar-refractivity contribution is 9.10. The van der Waals surface area contributed by atoms with Crippen molar-refractivity contribution in [3.8, 4) is 5.75 Å². The second-order valence-corrected chi connectivity index (χ2v) is 7.79. The minimum Gasteiger partial charge on any atom is -0.489 e. The number of hydrogen-bond acceptors (Lipinski definition) is 4. The summed E-state index contributed by atoms with van der Waals surface area (Å²) in [7, 11) is 0. The molecule has 0 saturated heterocycles. The fourth-order valence-electron chi connectivity index (χ4n) is 3.69. The molecule has 2 aromatic rings. The third-order valence-electron chi connectivity index (χ3n) is 5.05. The third-order valence-corrected chi connectivity index (χ3v) is 5.55. The van der Waals surface area contributed by atoms with Crippen molar-refractivity contribution in [2.75, 3.05) is 0 Å². The molecule has 0 bridgehead atoms. The van der Waals surface area contributed by atoms with Gasteiger partial charge in [0.15, 0.2) is 5.78 Å². The van der Waals surface area contributed by atoms with Crippen LogP contribution in [0.2, 0.25) is 0 Å². The zero-order valence-corrected chi connectivity index (χ0v) is 16.2. The predicted molar refractivity (Wildman–Crippen MR) is 102 cm³/mol. The lowest BCUT2D eigenvalue weighted by atomic mass is 9.92. The van der Waals surface area contributed by atoms with Crippen molar-refractivity contribution in [3.63, 3.8) is 0 Å². The van der Waals surface area contributed by atoms with Crippen LogP contribution in [0.4, 0.5) is 0 Å². The molecule has 1 aliphatic carbocycles. The van der Waals surface area contributed by atoms with E-state index in [1.165, 1.54) is 0 Å². The van der Waals surface area contributed by atoms with Crippen molar-refractivity contribution in [1.29, 1.82) is 0 Å². The van der Waals surface area contributed by atoms with Crippen LogP contribution >= 0.6 is 15.9 Å². The molecule has 0 N–H and O–H groups in total. The zero-order valence-electron chi connectivity index (χ0n) is 14.6. The molecule has 5 nitrogen and oxygen atoms in total. The van der Waals surface area contributed by atoms with Gasteiger partial charge in [-0.1, -0.05) is 34.1 Å². The molecule has 1 fully saturated rings. The number of carbonyl (C=O) groups is 3. The van der Waals surface area contributed by atoms with Crippen molar-refractivity contribution >= 4 is 33.4 Å². The SMILES string of the molecule is O=C1CCC(N2Cc3c(OCc4cccc(Br)c4)cccc3C2=O)C(=O)C1. The van der Waals surface area contributed by atoms with Crippen molar-refractivity contribution in [1.82, 2.24) is 4.90 Å². The first-order valence-electron chi connectivity index (χ1n) is 8.87. The highest BCUT2D eigenvalue weighted by Gasteiger charge is 2.39. The van der Waals surface area contributed by atoms with Gasteiger partial charge in [0.05, 0.1) is 19.0 Å². The average Bonchev–Trinajstić information content (AvgIpc) is 2.97. The quantitative estimate of drug-likeness (QED) is 0.698. The standard InChI is InChI=1S/C21H18BrNO4/c22-14-4-1-3-13(9-14)12-27-20-6-2-5-16-17(20)11-23(21(16)26)18-8-7-15(24)10-19(18)25/h1-6,9,18H,7-8,10-12H2. The molecule has 1 heterocycles. The van der Waals surface area contributed by atoms with Crippen molar-refractivity contribution in [3.05, 3.63) is 63.6 Å². The van der Waals surface area contributed by atoms with Crippen LogP contribution in [0.5, 0.6) is 5.75 Å². The van der Waals surface area contributed by atoms with Gasteiger partial charge in [-0.15, -0.1) is 0 Å². The number of amides is 1. The summed E-state index contributed by atoms with van der Waals surface area (Å²) in [5.41, 5.74) is 2.40. The first kappa shape index (κ1) is 17.9. The van der Waals surface area contributed by atoms with Crippen molar-refractivity contribution in [2.45, 2.75) is 38.5 Å². The van der Waals surface area contributed by atoms with Gasteiger partial charge in [0.25, 0.3) is 5.91 Å². The topological polar surface area (TPSA) is 63.7 Å². The van der Waals surface area contributed by atoms with Crippen molar-refractivity contribution < 1.29 is 19.1 Å². The smallest absolute Gasteiger partial charge is 0.255 e. The Kier molecular flexibility index (Phi) is 4.83. The summed E-state index contributed by atoms with van der Waals surface area (Å²) in [5.74, 6) is 0.288. The molecule has 1 atom stereocenters. The van der Waals surface area contributed by atoms with E-state index in [0.717, 1.165) is 15.6 Å². The molecule has 1 amide bonds. The van der Waals surface area contributed by atoms with E-state index >= 15 is 0 Å². The van der Waals surface area contributed by atoms with E-state index in [4.69, 9.17) is 4.74 Å². The molecular weight excluding hydrogens is 410 g/mol. The van der Waals surface area contributed by atoms with Crippen LogP contribution in [0.25, 0.3) is 0 Å². The normalized spacial score (nSPS) is 19.4. The molecule has 6 heteroatoms. The van der Waals surface area contributed by atoms with Gasteiger partial charge in [0.2, 0.25) is 0 Å². The fraction of sp³-hybridized carbons (Fsp3) is 0.286. The number of ketones is 2. The molecule has 2 aliphatic rings. The highest BCUT2D eigenvalue weighted by Crippen LogP contribution is 2.34. The molecule has 1 aliphatic heterocycles. The summed E-state index contributed by atoms with van der Waals surface area (Å²) in [6.45, 7) is 0.731. The summed E-state index contributed by atoms with van der Waals surface area (Å²) in [6.07, 6.45) is 0.686. The maximum atomic E-state index is 12.8. The minimum atomic E-state index is -0.513. The van der Waals surface area contributed by atoms with Crippen LogP contribution in [0.1, 0.15) is 40.7 Å². The Morgan fingerprint density at radius 3 is 2.70 bits per heavy atom. The van der Waals surface area contributed by atoms with Crippen LogP contribution in [0, 0.1) is 0 Å². The van der Waals surface area contributed by atoms with E-state index in [1.807, 2.05) is 30.3 Å². The van der Waals surface area contributed by atoms with Crippen LogP contribution in [-0.4, -0.2) is 28.4 Å². The number of rotatable bonds is 4. The summed E-state index contributed by atoms with van der Waals surface area (Å²) >= 11 is 3.44. The van der Waals surface area contributed by atoms with Crippen LogP contribution in [0.15, 0.2) is 46.9 Å². The summed E-state index contributed by atoms with van der Waals surface area (Å²) in [4.78, 5) is 38.2. The van der Waals surface area contributed by atoms with Gasteiger partial charge in [-0.05, 0) is 36.2 Å². The predicted octanol–water partition coefficient (Wildman–Crippen LogP) is 3.67. The number of carbonyl (C=O) groups excluding carboxylic acids is 3. The maximum absolute atomic E-state index is 12.8. The highest BCUT2D eigenvalue weighted by atomic mass is 79.9. The zero-order chi connectivity index (χ0) is 19.0. The largest absolute Gasteiger partial charge is 0.489 e. The summed E-state index contributed by atoms with van der Waals surface area (Å²) in [5, 5.41) is 0. The Hall–Kier alpha value is -2.47. The molecule has 4 rings (SSSR count). The second-order valence-electron chi connectivity index (χ2n) is 6.87. The number of ether oxygens (including phenoxy) is 1. The maximum Gasteiger partial charge on any atom is 0.255 e. The van der Waals surface area contributed by atoms with E-state index in [9.17, 15) is 14.4 Å².